The van der Waals surface area contributed by atoms with Crippen LogP contribution in [0.4, 0.5) is 0 Å². The van der Waals surface area contributed by atoms with Crippen molar-refractivity contribution in [3.05, 3.63) is 65.7 Å². The number of benzene rings is 2. The van der Waals surface area contributed by atoms with Gasteiger partial charge in [0.25, 0.3) is 0 Å². The van der Waals surface area contributed by atoms with Gasteiger partial charge < -0.3 is 36.6 Å². The molecule has 208 valence electrons. The lowest BCUT2D eigenvalue weighted by Gasteiger charge is -2.25. The molecule has 1 aliphatic rings. The van der Waals surface area contributed by atoms with Crippen molar-refractivity contribution in [2.24, 2.45) is 0 Å². The highest BCUT2D eigenvalue weighted by Gasteiger charge is 2.32. The summed E-state index contributed by atoms with van der Waals surface area (Å²) in [4.78, 5) is 62.3. The molecule has 0 spiro atoms. The molecule has 0 saturated carbocycles. The molecule has 0 aromatic heterocycles. The molecule has 4 unspecified atom stereocenters. The fourth-order valence-electron chi connectivity index (χ4n) is 4.24. The summed E-state index contributed by atoms with van der Waals surface area (Å²) in [5, 5.41) is 38.9. The number of carboxylic acid groups (broad SMARTS) is 2. The summed E-state index contributed by atoms with van der Waals surface area (Å²) in [5.41, 5.74) is 1.24. The molecular weight excluding hydrogens is 508 g/mol. The topological polar surface area (TPSA) is 194 Å². The van der Waals surface area contributed by atoms with Crippen molar-refractivity contribution >= 4 is 29.7 Å². The van der Waals surface area contributed by atoms with Crippen molar-refractivity contribution in [1.82, 2.24) is 21.3 Å². The van der Waals surface area contributed by atoms with Gasteiger partial charge in [0.1, 0.15) is 23.9 Å². The van der Waals surface area contributed by atoms with Gasteiger partial charge in [-0.05, 0) is 42.6 Å². The van der Waals surface area contributed by atoms with E-state index in [1.165, 1.54) is 12.1 Å². The number of phenolic OH excluding ortho intramolecular Hbond substituents is 1. The van der Waals surface area contributed by atoms with E-state index in [1.807, 2.05) is 0 Å². The lowest BCUT2D eigenvalue weighted by atomic mass is 10.0. The Kier molecular flexibility index (Phi) is 10.4. The van der Waals surface area contributed by atoms with Crippen LogP contribution < -0.4 is 21.3 Å². The molecule has 0 radical (unpaired) electrons. The fourth-order valence-corrected chi connectivity index (χ4v) is 4.24. The predicted octanol–water partition coefficient (Wildman–Crippen LogP) is -0.0569. The minimum absolute atomic E-state index is 0.00224. The van der Waals surface area contributed by atoms with E-state index >= 15 is 0 Å². The van der Waals surface area contributed by atoms with Crippen LogP contribution in [0.2, 0.25) is 0 Å². The third kappa shape index (κ3) is 9.11. The molecule has 0 aliphatic carbocycles. The molecule has 39 heavy (non-hydrogen) atoms. The second kappa shape index (κ2) is 13.9. The molecule has 12 nitrogen and oxygen atoms in total. The summed E-state index contributed by atoms with van der Waals surface area (Å²) in [5.74, 6) is -4.92. The number of aliphatic carboxylic acids is 2. The largest absolute Gasteiger partial charge is 0.508 e. The Bertz CT molecular complexity index is 1170. The summed E-state index contributed by atoms with van der Waals surface area (Å²) in [7, 11) is 0. The number of hydrogen-bond donors (Lipinski definition) is 7. The second-order valence-corrected chi connectivity index (χ2v) is 9.33. The number of hydrogen-bond acceptors (Lipinski definition) is 7. The average Bonchev–Trinajstić information content (AvgIpc) is 3.44. The monoisotopic (exact) mass is 540 g/mol. The van der Waals surface area contributed by atoms with E-state index in [0.29, 0.717) is 24.1 Å². The molecule has 12 heteroatoms. The number of nitrogens with one attached hydrogen (secondary N) is 4. The van der Waals surface area contributed by atoms with E-state index in [-0.39, 0.29) is 18.6 Å². The molecule has 1 saturated heterocycles. The van der Waals surface area contributed by atoms with Gasteiger partial charge >= 0.3 is 11.9 Å². The van der Waals surface area contributed by atoms with Gasteiger partial charge in [0.15, 0.2) is 0 Å². The van der Waals surface area contributed by atoms with E-state index < -0.39 is 60.2 Å². The summed E-state index contributed by atoms with van der Waals surface area (Å²) >= 11 is 0. The molecular formula is C27H32N4O8. The van der Waals surface area contributed by atoms with E-state index in [4.69, 9.17) is 0 Å². The van der Waals surface area contributed by atoms with Gasteiger partial charge in [-0.25, -0.2) is 4.79 Å². The zero-order valence-electron chi connectivity index (χ0n) is 21.1. The summed E-state index contributed by atoms with van der Waals surface area (Å²) in [6.45, 7) is 0.654. The number of phenols is 1. The van der Waals surface area contributed by atoms with Gasteiger partial charge in [-0.15, -0.1) is 0 Å². The third-order valence-electron chi connectivity index (χ3n) is 6.29. The van der Waals surface area contributed by atoms with Gasteiger partial charge in [0, 0.05) is 12.8 Å². The van der Waals surface area contributed by atoms with Gasteiger partial charge in [-0.3, -0.25) is 19.2 Å². The average molecular weight is 541 g/mol. The maximum Gasteiger partial charge on any atom is 0.326 e. The number of carbonyl (C=O) groups is 5. The normalized spacial score (nSPS) is 16.9. The van der Waals surface area contributed by atoms with Crippen molar-refractivity contribution in [2.45, 2.75) is 56.3 Å². The molecule has 3 rings (SSSR count). The van der Waals surface area contributed by atoms with Crippen LogP contribution in [0.25, 0.3) is 0 Å². The fraction of sp³-hybridized carbons (Fsp3) is 0.370. The zero-order chi connectivity index (χ0) is 28.4. The number of amides is 3. The summed E-state index contributed by atoms with van der Waals surface area (Å²) < 4.78 is 0. The Hall–Kier alpha value is -4.45. The van der Waals surface area contributed by atoms with E-state index in [2.05, 4.69) is 21.3 Å². The highest BCUT2D eigenvalue weighted by molar-refractivity contribution is 5.95. The molecule has 2 aromatic carbocycles. The smallest absolute Gasteiger partial charge is 0.326 e. The highest BCUT2D eigenvalue weighted by atomic mass is 16.4. The van der Waals surface area contributed by atoms with Gasteiger partial charge in [0.2, 0.25) is 17.7 Å². The third-order valence-corrected chi connectivity index (χ3v) is 6.29. The minimum atomic E-state index is -1.60. The Morgan fingerprint density at radius 1 is 0.795 bits per heavy atom. The quantitative estimate of drug-likeness (QED) is 0.182. The predicted molar refractivity (Wildman–Crippen MR) is 139 cm³/mol. The van der Waals surface area contributed by atoms with Crippen molar-refractivity contribution in [3.63, 3.8) is 0 Å². The Morgan fingerprint density at radius 3 is 1.97 bits per heavy atom. The zero-order valence-corrected chi connectivity index (χ0v) is 21.1. The molecule has 1 aliphatic heterocycles. The van der Waals surface area contributed by atoms with Crippen molar-refractivity contribution in [1.29, 1.82) is 0 Å². The highest BCUT2D eigenvalue weighted by Crippen LogP contribution is 2.13. The first kappa shape index (κ1) is 29.1. The SMILES string of the molecule is O=C(O)CC(NC(=O)C(Cc1ccc(O)cc1)NC(=O)C1CCCN1)C(=O)NC(Cc1ccccc1)C(=O)O. The lowest BCUT2D eigenvalue weighted by Crippen LogP contribution is -2.58. The van der Waals surface area contributed by atoms with Crippen molar-refractivity contribution in [2.75, 3.05) is 6.54 Å². The Labute approximate surface area is 224 Å². The first-order valence-electron chi connectivity index (χ1n) is 12.5. The number of aromatic hydroxyl groups is 1. The molecule has 2 aromatic rings. The van der Waals surface area contributed by atoms with Gasteiger partial charge in [-0.2, -0.15) is 0 Å². The van der Waals surface area contributed by atoms with Crippen LogP contribution in [0.5, 0.6) is 5.75 Å². The summed E-state index contributed by atoms with van der Waals surface area (Å²) in [6, 6.07) is 9.91. The van der Waals surface area contributed by atoms with Crippen LogP contribution >= 0.6 is 0 Å². The maximum atomic E-state index is 13.3. The maximum absolute atomic E-state index is 13.3. The number of carboxylic acids is 2. The van der Waals surface area contributed by atoms with Gasteiger partial charge in [-0.1, -0.05) is 42.5 Å². The van der Waals surface area contributed by atoms with Crippen LogP contribution in [-0.2, 0) is 36.8 Å². The van der Waals surface area contributed by atoms with E-state index in [1.54, 1.807) is 42.5 Å². The van der Waals surface area contributed by atoms with Crippen LogP contribution in [0.1, 0.15) is 30.4 Å². The molecule has 1 fully saturated rings. The van der Waals surface area contributed by atoms with Crippen LogP contribution in [-0.4, -0.2) is 75.7 Å². The molecule has 1 heterocycles. The number of carbonyl (C=O) groups excluding carboxylic acids is 3. The van der Waals surface area contributed by atoms with Crippen LogP contribution in [0.3, 0.4) is 0 Å². The first-order valence-corrected chi connectivity index (χ1v) is 12.5. The Morgan fingerprint density at radius 2 is 1.38 bits per heavy atom. The van der Waals surface area contributed by atoms with E-state index in [9.17, 15) is 39.3 Å². The van der Waals surface area contributed by atoms with Crippen molar-refractivity contribution in [3.8, 4) is 5.75 Å². The number of rotatable bonds is 13. The van der Waals surface area contributed by atoms with Crippen LogP contribution in [0, 0.1) is 0 Å². The second-order valence-electron chi connectivity index (χ2n) is 9.33. The standard InChI is InChI=1S/C27H32N4O8/c32-18-10-8-17(9-11-18)13-20(29-24(35)19-7-4-12-28-19)25(36)30-21(15-23(33)34)26(37)31-22(27(38)39)14-16-5-2-1-3-6-16/h1-3,5-6,8-11,19-22,28,32H,4,7,12-15H2,(H,29,35)(H,30,36)(H,31,37)(H,33,34)(H,38,39). The summed E-state index contributed by atoms with van der Waals surface area (Å²) in [6.07, 6.45) is 0.517. The molecule has 7 N–H and O–H groups in total. The van der Waals surface area contributed by atoms with Gasteiger partial charge in [0.05, 0.1) is 12.5 Å². The molecule has 4 atom stereocenters. The van der Waals surface area contributed by atoms with E-state index in [0.717, 1.165) is 6.42 Å². The first-order chi connectivity index (χ1) is 18.6. The Balaban J connectivity index is 1.76. The lowest BCUT2D eigenvalue weighted by molar-refractivity contribution is -0.143. The molecule has 0 bridgehead atoms. The minimum Gasteiger partial charge on any atom is -0.508 e. The van der Waals surface area contributed by atoms with Crippen LogP contribution in [0.15, 0.2) is 54.6 Å². The van der Waals surface area contributed by atoms with Crippen molar-refractivity contribution < 1.29 is 39.3 Å². The molecule has 3 amide bonds.